The molecule has 0 unspecified atom stereocenters. The predicted molar refractivity (Wildman–Crippen MR) is 92.3 cm³/mol. The molecule has 2 aromatic carbocycles. The number of hydrogen-bond acceptors (Lipinski definition) is 4. The van der Waals surface area contributed by atoms with Crippen LogP contribution in [-0.4, -0.2) is 21.0 Å². The summed E-state index contributed by atoms with van der Waals surface area (Å²) in [5.41, 5.74) is 0.957. The molecule has 0 saturated carbocycles. The number of nitrogens with zero attached hydrogens (tertiary/aromatic N) is 2. The normalized spacial score (nSPS) is 11.2. The highest BCUT2D eigenvalue weighted by Gasteiger charge is 2.14. The highest BCUT2D eigenvalue weighted by atomic mass is 35.5. The third kappa shape index (κ3) is 2.34. The minimum Gasteiger partial charge on any atom is -0.478 e. The molecule has 0 fully saturated rings. The quantitative estimate of drug-likeness (QED) is 0.529. The molecule has 23 heavy (non-hydrogen) atoms. The van der Waals surface area contributed by atoms with Crippen molar-refractivity contribution >= 4 is 49.2 Å². The van der Waals surface area contributed by atoms with Crippen LogP contribution in [-0.2, 0) is 0 Å². The van der Waals surface area contributed by atoms with E-state index in [0.29, 0.717) is 11.0 Å². The van der Waals surface area contributed by atoms with Gasteiger partial charge in [0.2, 0.25) is 0 Å². The van der Waals surface area contributed by atoms with Gasteiger partial charge in [0.05, 0.1) is 10.9 Å². The van der Waals surface area contributed by atoms with Gasteiger partial charge in [-0.3, -0.25) is 0 Å². The number of aromatic carboxylic acids is 1. The van der Waals surface area contributed by atoms with Crippen LogP contribution in [0.2, 0.25) is 5.15 Å². The lowest BCUT2D eigenvalue weighted by Gasteiger charge is -2.03. The lowest BCUT2D eigenvalue weighted by molar-refractivity contribution is 0.0697. The molecule has 2 heterocycles. The van der Waals surface area contributed by atoms with Gasteiger partial charge in [-0.05, 0) is 18.2 Å². The Morgan fingerprint density at radius 2 is 1.78 bits per heavy atom. The fraction of sp³-hybridized carbons (Fsp3) is 0. The van der Waals surface area contributed by atoms with Crippen LogP contribution >= 0.6 is 22.9 Å². The molecule has 0 aliphatic carbocycles. The predicted octanol–water partition coefficient (Wildman–Crippen LogP) is 4.86. The number of halogens is 1. The lowest BCUT2D eigenvalue weighted by Crippen LogP contribution is -1.96. The Kier molecular flexibility index (Phi) is 3.25. The fourth-order valence-electron chi connectivity index (χ4n) is 2.47. The smallest absolute Gasteiger partial charge is 0.335 e. The van der Waals surface area contributed by atoms with E-state index in [2.05, 4.69) is 9.97 Å². The SMILES string of the molecule is O=C(O)c1ccc(-c2nc(Cl)c3c(n2)sc2ccccc23)cc1. The first kappa shape index (κ1) is 14.1. The Labute approximate surface area is 140 Å². The van der Waals surface area contributed by atoms with Crippen LogP contribution in [0.3, 0.4) is 0 Å². The molecule has 0 radical (unpaired) electrons. The summed E-state index contributed by atoms with van der Waals surface area (Å²) in [6.07, 6.45) is 0. The number of thiophene rings is 1. The van der Waals surface area contributed by atoms with Crippen LogP contribution in [0.15, 0.2) is 48.5 Å². The molecule has 2 aromatic heterocycles. The van der Waals surface area contributed by atoms with Gasteiger partial charge in [-0.2, -0.15) is 0 Å². The van der Waals surface area contributed by atoms with Crippen molar-refractivity contribution in [2.24, 2.45) is 0 Å². The van der Waals surface area contributed by atoms with Gasteiger partial charge < -0.3 is 5.11 Å². The van der Waals surface area contributed by atoms with Crippen molar-refractivity contribution in [2.45, 2.75) is 0 Å². The first-order valence-corrected chi connectivity index (χ1v) is 8.01. The first-order chi connectivity index (χ1) is 11.1. The number of carboxylic acid groups (broad SMARTS) is 1. The van der Waals surface area contributed by atoms with Gasteiger partial charge >= 0.3 is 5.97 Å². The molecule has 112 valence electrons. The standard InChI is InChI=1S/C17H9ClN2O2S/c18-14-13-11-3-1-2-4-12(11)23-16(13)20-15(19-14)9-5-7-10(8-6-9)17(21)22/h1-8H,(H,21,22). The van der Waals surface area contributed by atoms with Crippen LogP contribution in [0.5, 0.6) is 0 Å². The Balaban J connectivity index is 1.91. The van der Waals surface area contributed by atoms with Crippen LogP contribution in [0.4, 0.5) is 0 Å². The monoisotopic (exact) mass is 340 g/mol. The Morgan fingerprint density at radius 1 is 1.04 bits per heavy atom. The van der Waals surface area contributed by atoms with Crippen molar-refractivity contribution in [1.82, 2.24) is 9.97 Å². The average molecular weight is 341 g/mol. The summed E-state index contributed by atoms with van der Waals surface area (Å²) in [4.78, 5) is 20.7. The van der Waals surface area contributed by atoms with Crippen molar-refractivity contribution in [3.05, 3.63) is 59.2 Å². The van der Waals surface area contributed by atoms with Gasteiger partial charge in [0, 0.05) is 15.6 Å². The van der Waals surface area contributed by atoms with E-state index in [1.54, 1.807) is 23.5 Å². The van der Waals surface area contributed by atoms with E-state index >= 15 is 0 Å². The first-order valence-electron chi connectivity index (χ1n) is 6.82. The third-order valence-electron chi connectivity index (χ3n) is 3.58. The molecule has 0 saturated heterocycles. The van der Waals surface area contributed by atoms with Gasteiger partial charge in [0.1, 0.15) is 9.98 Å². The molecule has 4 aromatic rings. The number of benzene rings is 2. The molecule has 0 bridgehead atoms. The molecule has 0 amide bonds. The number of hydrogen-bond donors (Lipinski definition) is 1. The zero-order chi connectivity index (χ0) is 16.0. The van der Waals surface area contributed by atoms with Crippen molar-refractivity contribution in [1.29, 1.82) is 0 Å². The van der Waals surface area contributed by atoms with Crippen LogP contribution in [0.25, 0.3) is 31.7 Å². The summed E-state index contributed by atoms with van der Waals surface area (Å²) in [6, 6.07) is 14.4. The summed E-state index contributed by atoms with van der Waals surface area (Å²) in [7, 11) is 0. The number of carbonyl (C=O) groups is 1. The molecular weight excluding hydrogens is 332 g/mol. The number of rotatable bonds is 2. The van der Waals surface area contributed by atoms with E-state index in [-0.39, 0.29) is 5.56 Å². The summed E-state index contributed by atoms with van der Waals surface area (Å²) in [6.45, 7) is 0. The number of aromatic nitrogens is 2. The lowest BCUT2D eigenvalue weighted by atomic mass is 10.1. The van der Waals surface area contributed by atoms with Crippen molar-refractivity contribution in [2.75, 3.05) is 0 Å². The molecular formula is C17H9ClN2O2S. The van der Waals surface area contributed by atoms with Crippen LogP contribution < -0.4 is 0 Å². The Hall–Kier alpha value is -2.50. The minimum absolute atomic E-state index is 0.225. The van der Waals surface area contributed by atoms with Crippen LogP contribution in [0.1, 0.15) is 10.4 Å². The zero-order valence-corrected chi connectivity index (χ0v) is 13.2. The van der Waals surface area contributed by atoms with E-state index in [9.17, 15) is 4.79 Å². The van der Waals surface area contributed by atoms with Gasteiger partial charge in [0.15, 0.2) is 5.82 Å². The zero-order valence-electron chi connectivity index (χ0n) is 11.7. The van der Waals surface area contributed by atoms with Gasteiger partial charge in [-0.25, -0.2) is 14.8 Å². The van der Waals surface area contributed by atoms with E-state index in [1.807, 2.05) is 24.3 Å². The van der Waals surface area contributed by atoms with Gasteiger partial charge in [-0.1, -0.05) is 41.9 Å². The molecule has 1 N–H and O–H groups in total. The maximum absolute atomic E-state index is 10.9. The van der Waals surface area contributed by atoms with Gasteiger partial charge in [-0.15, -0.1) is 11.3 Å². The highest BCUT2D eigenvalue weighted by molar-refractivity contribution is 7.25. The maximum atomic E-state index is 10.9. The second-order valence-electron chi connectivity index (χ2n) is 5.00. The average Bonchev–Trinajstić information content (AvgIpc) is 2.93. The van der Waals surface area contributed by atoms with Crippen molar-refractivity contribution in [3.8, 4) is 11.4 Å². The number of fused-ring (bicyclic) bond motifs is 3. The minimum atomic E-state index is -0.963. The van der Waals surface area contributed by atoms with E-state index < -0.39 is 5.97 Å². The third-order valence-corrected chi connectivity index (χ3v) is 4.92. The number of carboxylic acids is 1. The van der Waals surface area contributed by atoms with E-state index in [4.69, 9.17) is 16.7 Å². The molecule has 4 nitrogen and oxygen atoms in total. The van der Waals surface area contributed by atoms with Crippen LogP contribution in [0, 0.1) is 0 Å². The largest absolute Gasteiger partial charge is 0.478 e. The molecule has 6 heteroatoms. The second-order valence-corrected chi connectivity index (χ2v) is 6.39. The van der Waals surface area contributed by atoms with Crippen molar-refractivity contribution < 1.29 is 9.90 Å². The van der Waals surface area contributed by atoms with Gasteiger partial charge in [0.25, 0.3) is 0 Å². The Bertz CT molecular complexity index is 1060. The summed E-state index contributed by atoms with van der Waals surface area (Å²) in [5.74, 6) is -0.471. The topological polar surface area (TPSA) is 63.1 Å². The van der Waals surface area contributed by atoms with E-state index in [1.165, 1.54) is 12.1 Å². The molecule has 0 spiro atoms. The second kappa shape index (κ2) is 5.30. The summed E-state index contributed by atoms with van der Waals surface area (Å²) < 4.78 is 1.11. The maximum Gasteiger partial charge on any atom is 0.335 e. The van der Waals surface area contributed by atoms with Crippen molar-refractivity contribution in [3.63, 3.8) is 0 Å². The Morgan fingerprint density at radius 3 is 2.52 bits per heavy atom. The summed E-state index contributed by atoms with van der Waals surface area (Å²) >= 11 is 7.94. The highest BCUT2D eigenvalue weighted by Crippen LogP contribution is 2.37. The fourth-order valence-corrected chi connectivity index (χ4v) is 3.87. The molecule has 0 aliphatic heterocycles. The molecule has 0 atom stereocenters. The molecule has 4 rings (SSSR count). The summed E-state index contributed by atoms with van der Waals surface area (Å²) in [5, 5.41) is 11.3. The van der Waals surface area contributed by atoms with E-state index in [0.717, 1.165) is 25.9 Å². The molecule has 0 aliphatic rings.